The van der Waals surface area contributed by atoms with E-state index in [-0.39, 0.29) is 12.0 Å². The number of anilines is 1. The van der Waals surface area contributed by atoms with Crippen LogP contribution >= 0.6 is 0 Å². The van der Waals surface area contributed by atoms with E-state index in [0.29, 0.717) is 24.5 Å². The molecule has 5 nitrogen and oxygen atoms in total. The molecule has 2 aromatic rings. The number of rotatable bonds is 8. The number of carbonyl (C=O) groups is 1. The molecule has 0 spiro atoms. The molecule has 1 aliphatic heterocycles. The highest BCUT2D eigenvalue weighted by Gasteiger charge is 2.16. The van der Waals surface area contributed by atoms with Gasteiger partial charge in [0, 0.05) is 17.9 Å². The molecule has 138 valence electrons. The lowest BCUT2D eigenvalue weighted by Gasteiger charge is -2.12. The normalized spacial score (nSPS) is 16.3. The van der Waals surface area contributed by atoms with Gasteiger partial charge in [0.15, 0.2) is 0 Å². The number of benzene rings is 2. The van der Waals surface area contributed by atoms with Gasteiger partial charge in [-0.15, -0.1) is 0 Å². The summed E-state index contributed by atoms with van der Waals surface area (Å²) in [4.78, 5) is 12.4. The van der Waals surface area contributed by atoms with Crippen LogP contribution in [0.1, 0.15) is 36.5 Å². The lowest BCUT2D eigenvalue weighted by Crippen LogP contribution is -2.16. The van der Waals surface area contributed by atoms with E-state index in [9.17, 15) is 4.79 Å². The first kappa shape index (κ1) is 18.3. The largest absolute Gasteiger partial charge is 0.494 e. The SMILES string of the molecule is CCCOc1cccc(C(=O)Nc2ccc(OC[C@H]3CCCO3)cc2)c1. The van der Waals surface area contributed by atoms with Crippen molar-refractivity contribution >= 4 is 11.6 Å². The minimum Gasteiger partial charge on any atom is -0.494 e. The van der Waals surface area contributed by atoms with Crippen molar-refractivity contribution in [3.05, 3.63) is 54.1 Å². The molecule has 26 heavy (non-hydrogen) atoms. The Morgan fingerprint density at radius 2 is 2.00 bits per heavy atom. The van der Waals surface area contributed by atoms with E-state index in [1.165, 1.54) is 0 Å². The van der Waals surface area contributed by atoms with Crippen LogP contribution in [0.15, 0.2) is 48.5 Å². The molecule has 3 rings (SSSR count). The van der Waals surface area contributed by atoms with Gasteiger partial charge in [-0.3, -0.25) is 4.79 Å². The fourth-order valence-electron chi connectivity index (χ4n) is 2.75. The minimum absolute atomic E-state index is 0.167. The van der Waals surface area contributed by atoms with Crippen LogP contribution in [0.3, 0.4) is 0 Å². The molecule has 0 bridgehead atoms. The van der Waals surface area contributed by atoms with Crippen LogP contribution in [0.5, 0.6) is 11.5 Å². The minimum atomic E-state index is -0.167. The molecule has 1 amide bonds. The van der Waals surface area contributed by atoms with Gasteiger partial charge in [-0.2, -0.15) is 0 Å². The van der Waals surface area contributed by atoms with Crippen LogP contribution in [0.4, 0.5) is 5.69 Å². The fraction of sp³-hybridized carbons (Fsp3) is 0.381. The summed E-state index contributed by atoms with van der Waals surface area (Å²) < 4.78 is 16.8. The zero-order valence-electron chi connectivity index (χ0n) is 15.1. The van der Waals surface area contributed by atoms with Gasteiger partial charge in [0.25, 0.3) is 5.91 Å². The van der Waals surface area contributed by atoms with E-state index in [4.69, 9.17) is 14.2 Å². The summed E-state index contributed by atoms with van der Waals surface area (Å²) in [6.45, 7) is 4.07. The molecular formula is C21H25NO4. The Labute approximate surface area is 154 Å². The number of amides is 1. The number of hydrogen-bond donors (Lipinski definition) is 1. The van der Waals surface area contributed by atoms with Crippen molar-refractivity contribution in [3.8, 4) is 11.5 Å². The highest BCUT2D eigenvalue weighted by molar-refractivity contribution is 6.04. The van der Waals surface area contributed by atoms with Gasteiger partial charge in [0.1, 0.15) is 18.1 Å². The van der Waals surface area contributed by atoms with Crippen molar-refractivity contribution < 1.29 is 19.0 Å². The zero-order chi connectivity index (χ0) is 18.2. The number of hydrogen-bond acceptors (Lipinski definition) is 4. The third kappa shape index (κ3) is 5.23. The molecule has 0 aromatic heterocycles. The summed E-state index contributed by atoms with van der Waals surface area (Å²) in [7, 11) is 0. The Morgan fingerprint density at radius 3 is 2.73 bits per heavy atom. The predicted molar refractivity (Wildman–Crippen MR) is 101 cm³/mol. The molecule has 0 unspecified atom stereocenters. The number of ether oxygens (including phenoxy) is 3. The molecule has 1 aliphatic rings. The van der Waals surface area contributed by atoms with E-state index in [1.54, 1.807) is 12.1 Å². The maximum atomic E-state index is 12.4. The Hall–Kier alpha value is -2.53. The Kier molecular flexibility index (Phi) is 6.50. The van der Waals surface area contributed by atoms with E-state index in [1.807, 2.05) is 43.3 Å². The van der Waals surface area contributed by atoms with Crippen molar-refractivity contribution in [2.24, 2.45) is 0 Å². The zero-order valence-corrected chi connectivity index (χ0v) is 15.1. The summed E-state index contributed by atoms with van der Waals surface area (Å²) in [6.07, 6.45) is 3.27. The summed E-state index contributed by atoms with van der Waals surface area (Å²) in [5.74, 6) is 1.31. The van der Waals surface area contributed by atoms with Gasteiger partial charge in [0.2, 0.25) is 0 Å². The molecule has 0 radical (unpaired) electrons. The van der Waals surface area contributed by atoms with Crippen LogP contribution in [0, 0.1) is 0 Å². The summed E-state index contributed by atoms with van der Waals surface area (Å²) in [5, 5.41) is 2.89. The maximum Gasteiger partial charge on any atom is 0.255 e. The second-order valence-corrected chi connectivity index (χ2v) is 6.30. The van der Waals surface area contributed by atoms with Crippen LogP contribution in [0.25, 0.3) is 0 Å². The Morgan fingerprint density at radius 1 is 1.15 bits per heavy atom. The number of nitrogens with one attached hydrogen (secondary N) is 1. The van der Waals surface area contributed by atoms with Gasteiger partial charge in [0.05, 0.1) is 12.7 Å². The van der Waals surface area contributed by atoms with E-state index < -0.39 is 0 Å². The van der Waals surface area contributed by atoms with Gasteiger partial charge in [-0.05, 0) is 61.7 Å². The molecule has 0 aliphatic carbocycles. The molecule has 1 fully saturated rings. The van der Waals surface area contributed by atoms with Gasteiger partial charge in [-0.1, -0.05) is 13.0 Å². The van der Waals surface area contributed by atoms with E-state index in [0.717, 1.165) is 37.3 Å². The Bertz CT molecular complexity index is 708. The fourth-order valence-corrected chi connectivity index (χ4v) is 2.75. The van der Waals surface area contributed by atoms with Crippen molar-refractivity contribution in [1.29, 1.82) is 0 Å². The first-order chi connectivity index (χ1) is 12.7. The number of carbonyl (C=O) groups excluding carboxylic acids is 1. The van der Waals surface area contributed by atoms with Crippen LogP contribution < -0.4 is 14.8 Å². The molecule has 0 saturated carbocycles. The average molecular weight is 355 g/mol. The van der Waals surface area contributed by atoms with E-state index >= 15 is 0 Å². The second kappa shape index (κ2) is 9.25. The monoisotopic (exact) mass is 355 g/mol. The van der Waals surface area contributed by atoms with Crippen molar-refractivity contribution in [2.75, 3.05) is 25.1 Å². The van der Waals surface area contributed by atoms with Gasteiger partial charge < -0.3 is 19.5 Å². The summed E-state index contributed by atoms with van der Waals surface area (Å²) >= 11 is 0. The first-order valence-corrected chi connectivity index (χ1v) is 9.13. The van der Waals surface area contributed by atoms with Crippen molar-refractivity contribution in [2.45, 2.75) is 32.3 Å². The first-order valence-electron chi connectivity index (χ1n) is 9.13. The second-order valence-electron chi connectivity index (χ2n) is 6.30. The highest BCUT2D eigenvalue weighted by atomic mass is 16.5. The maximum absolute atomic E-state index is 12.4. The quantitative estimate of drug-likeness (QED) is 0.768. The summed E-state index contributed by atoms with van der Waals surface area (Å²) in [5.41, 5.74) is 1.29. The third-order valence-electron chi connectivity index (χ3n) is 4.14. The Balaban J connectivity index is 1.53. The topological polar surface area (TPSA) is 56.8 Å². The smallest absolute Gasteiger partial charge is 0.255 e. The lowest BCUT2D eigenvalue weighted by molar-refractivity contribution is 0.0679. The standard InChI is InChI=1S/C21H25NO4/c1-2-12-24-19-6-3-5-16(14-19)21(23)22-17-8-10-18(11-9-17)26-15-20-7-4-13-25-20/h3,5-6,8-11,14,20H,2,4,7,12-13,15H2,1H3,(H,22,23)/t20-/m1/s1. The highest BCUT2D eigenvalue weighted by Crippen LogP contribution is 2.20. The molecular weight excluding hydrogens is 330 g/mol. The van der Waals surface area contributed by atoms with Crippen molar-refractivity contribution in [1.82, 2.24) is 0 Å². The molecule has 1 N–H and O–H groups in total. The van der Waals surface area contributed by atoms with Crippen LogP contribution in [0.2, 0.25) is 0 Å². The molecule has 1 saturated heterocycles. The molecule has 5 heteroatoms. The van der Waals surface area contributed by atoms with E-state index in [2.05, 4.69) is 5.32 Å². The van der Waals surface area contributed by atoms with Crippen molar-refractivity contribution in [3.63, 3.8) is 0 Å². The average Bonchev–Trinajstić information content (AvgIpc) is 3.19. The van der Waals surface area contributed by atoms with Gasteiger partial charge >= 0.3 is 0 Å². The molecule has 1 atom stereocenters. The molecule has 1 heterocycles. The summed E-state index contributed by atoms with van der Waals surface area (Å²) in [6, 6.07) is 14.6. The predicted octanol–water partition coefficient (Wildman–Crippen LogP) is 4.29. The lowest BCUT2D eigenvalue weighted by atomic mass is 10.2. The third-order valence-corrected chi connectivity index (χ3v) is 4.14. The van der Waals surface area contributed by atoms with Gasteiger partial charge in [-0.25, -0.2) is 0 Å². The van der Waals surface area contributed by atoms with Crippen LogP contribution in [-0.2, 0) is 4.74 Å². The molecule has 2 aromatic carbocycles. The van der Waals surface area contributed by atoms with Crippen LogP contribution in [-0.4, -0.2) is 31.8 Å².